The van der Waals surface area contributed by atoms with E-state index in [0.29, 0.717) is 11.4 Å². The summed E-state index contributed by atoms with van der Waals surface area (Å²) >= 11 is 11.7. The van der Waals surface area contributed by atoms with Gasteiger partial charge in [0.2, 0.25) is 5.91 Å². The summed E-state index contributed by atoms with van der Waals surface area (Å²) in [5.74, 6) is -2.21. The molecule has 1 aromatic rings. The van der Waals surface area contributed by atoms with Crippen molar-refractivity contribution < 1.29 is 19.5 Å². The van der Waals surface area contributed by atoms with Crippen LogP contribution in [-0.4, -0.2) is 47.4 Å². The fourth-order valence-electron chi connectivity index (χ4n) is 2.67. The van der Waals surface area contributed by atoms with Crippen LogP contribution in [0.3, 0.4) is 0 Å². The van der Waals surface area contributed by atoms with E-state index < -0.39 is 23.8 Å². The minimum absolute atomic E-state index is 0.0513. The van der Waals surface area contributed by atoms with Crippen LogP contribution in [0.4, 0.5) is 0 Å². The fourth-order valence-corrected chi connectivity index (χ4v) is 2.96. The van der Waals surface area contributed by atoms with E-state index in [9.17, 15) is 19.5 Å². The highest BCUT2D eigenvalue weighted by molar-refractivity contribution is 6.42. The monoisotopic (exact) mass is 358 g/mol. The second-order valence-electron chi connectivity index (χ2n) is 5.33. The molecule has 0 radical (unpaired) electrons. The van der Waals surface area contributed by atoms with Crippen LogP contribution in [0.15, 0.2) is 18.2 Å². The molecule has 1 aliphatic rings. The molecule has 23 heavy (non-hydrogen) atoms. The first-order valence-electron chi connectivity index (χ1n) is 7.05. The molecular formula is C15H16Cl2N2O4. The zero-order valence-electron chi connectivity index (χ0n) is 12.4. The standard InChI is InChI=1S/C15H16Cl2N2O4/c1-18-13(20)9-3-5-12(15(22)23)19(7-9)14(21)8-2-4-10(16)11(17)6-8/h2,4,6,9,12H,3,5,7H2,1H3,(H,18,20)(H,22,23)/t9-,12-/m0/s1. The lowest BCUT2D eigenvalue weighted by molar-refractivity contribution is -0.145. The van der Waals surface area contributed by atoms with E-state index in [1.165, 1.54) is 30.1 Å². The highest BCUT2D eigenvalue weighted by Crippen LogP contribution is 2.27. The van der Waals surface area contributed by atoms with Gasteiger partial charge in [-0.3, -0.25) is 9.59 Å². The molecule has 2 amide bonds. The number of piperidine rings is 1. The summed E-state index contributed by atoms with van der Waals surface area (Å²) in [7, 11) is 1.51. The van der Waals surface area contributed by atoms with E-state index in [1.807, 2.05) is 0 Å². The molecule has 0 aliphatic carbocycles. The van der Waals surface area contributed by atoms with Gasteiger partial charge in [-0.1, -0.05) is 23.2 Å². The van der Waals surface area contributed by atoms with Crippen molar-refractivity contribution in [2.45, 2.75) is 18.9 Å². The van der Waals surface area contributed by atoms with E-state index >= 15 is 0 Å². The van der Waals surface area contributed by atoms with Crippen molar-refractivity contribution in [3.63, 3.8) is 0 Å². The van der Waals surface area contributed by atoms with Gasteiger partial charge in [0.1, 0.15) is 6.04 Å². The van der Waals surface area contributed by atoms with Crippen molar-refractivity contribution in [2.75, 3.05) is 13.6 Å². The molecule has 0 unspecified atom stereocenters. The smallest absolute Gasteiger partial charge is 0.326 e. The molecule has 1 aliphatic heterocycles. The minimum atomic E-state index is -1.09. The normalized spacial score (nSPS) is 20.9. The molecule has 0 spiro atoms. The van der Waals surface area contributed by atoms with Crippen LogP contribution < -0.4 is 5.32 Å². The SMILES string of the molecule is CNC(=O)[C@H]1CC[C@@H](C(=O)O)N(C(=O)c2ccc(Cl)c(Cl)c2)C1. The number of carboxylic acid groups (broad SMARTS) is 1. The van der Waals surface area contributed by atoms with Crippen molar-refractivity contribution >= 4 is 41.0 Å². The average molecular weight is 359 g/mol. The van der Waals surface area contributed by atoms with Gasteiger partial charge in [-0.05, 0) is 31.0 Å². The molecule has 0 saturated carbocycles. The highest BCUT2D eigenvalue weighted by Gasteiger charge is 2.38. The quantitative estimate of drug-likeness (QED) is 0.865. The highest BCUT2D eigenvalue weighted by atomic mass is 35.5. The van der Waals surface area contributed by atoms with Crippen LogP contribution in [0.5, 0.6) is 0 Å². The van der Waals surface area contributed by atoms with Crippen molar-refractivity contribution in [3.05, 3.63) is 33.8 Å². The van der Waals surface area contributed by atoms with Gasteiger partial charge in [0.15, 0.2) is 0 Å². The first kappa shape index (κ1) is 17.6. The third-order valence-corrected chi connectivity index (χ3v) is 4.65. The van der Waals surface area contributed by atoms with Crippen molar-refractivity contribution in [2.24, 2.45) is 5.92 Å². The number of halogens is 2. The summed E-state index contributed by atoms with van der Waals surface area (Å²) in [6.07, 6.45) is 0.641. The van der Waals surface area contributed by atoms with E-state index in [4.69, 9.17) is 23.2 Å². The molecule has 0 bridgehead atoms. The number of aliphatic carboxylic acids is 1. The van der Waals surface area contributed by atoms with Crippen LogP contribution in [0, 0.1) is 5.92 Å². The van der Waals surface area contributed by atoms with E-state index in [1.54, 1.807) is 0 Å². The lowest BCUT2D eigenvalue weighted by atomic mass is 9.91. The van der Waals surface area contributed by atoms with Crippen LogP contribution in [0.1, 0.15) is 23.2 Å². The lowest BCUT2D eigenvalue weighted by Gasteiger charge is -2.36. The molecule has 124 valence electrons. The van der Waals surface area contributed by atoms with Gasteiger partial charge >= 0.3 is 5.97 Å². The molecule has 6 nitrogen and oxygen atoms in total. The Morgan fingerprint density at radius 3 is 2.48 bits per heavy atom. The Balaban J connectivity index is 2.29. The zero-order valence-corrected chi connectivity index (χ0v) is 13.9. The van der Waals surface area contributed by atoms with Crippen molar-refractivity contribution in [1.82, 2.24) is 10.2 Å². The van der Waals surface area contributed by atoms with Gasteiger partial charge in [-0.15, -0.1) is 0 Å². The molecular weight excluding hydrogens is 343 g/mol. The van der Waals surface area contributed by atoms with E-state index in [-0.39, 0.29) is 29.5 Å². The van der Waals surface area contributed by atoms with Crippen LogP contribution in [0.25, 0.3) is 0 Å². The van der Waals surface area contributed by atoms with Crippen molar-refractivity contribution in [3.8, 4) is 0 Å². The third kappa shape index (κ3) is 3.76. The summed E-state index contributed by atoms with van der Waals surface area (Å²) in [6.45, 7) is 0.0513. The Morgan fingerprint density at radius 1 is 1.22 bits per heavy atom. The largest absolute Gasteiger partial charge is 0.480 e. The van der Waals surface area contributed by atoms with E-state index in [0.717, 1.165) is 0 Å². The molecule has 2 rings (SSSR count). The minimum Gasteiger partial charge on any atom is -0.480 e. The number of likely N-dealkylation sites (tertiary alicyclic amines) is 1. The molecule has 8 heteroatoms. The Morgan fingerprint density at radius 2 is 1.91 bits per heavy atom. The van der Waals surface area contributed by atoms with Gasteiger partial charge in [-0.2, -0.15) is 0 Å². The predicted molar refractivity (Wildman–Crippen MR) is 85.7 cm³/mol. The van der Waals surface area contributed by atoms with Crippen LogP contribution >= 0.6 is 23.2 Å². The topological polar surface area (TPSA) is 86.7 Å². The number of carbonyl (C=O) groups excluding carboxylic acids is 2. The maximum absolute atomic E-state index is 12.7. The lowest BCUT2D eigenvalue weighted by Crippen LogP contribution is -2.53. The predicted octanol–water partition coefficient (Wildman–Crippen LogP) is 2.04. The molecule has 1 aromatic carbocycles. The second-order valence-corrected chi connectivity index (χ2v) is 6.14. The Hall–Kier alpha value is -1.79. The number of rotatable bonds is 3. The Bertz CT molecular complexity index is 650. The molecule has 0 aromatic heterocycles. The first-order valence-corrected chi connectivity index (χ1v) is 7.81. The maximum atomic E-state index is 12.7. The van der Waals surface area contributed by atoms with Crippen LogP contribution in [-0.2, 0) is 9.59 Å². The number of carbonyl (C=O) groups is 3. The number of hydrogen-bond acceptors (Lipinski definition) is 3. The molecule has 1 heterocycles. The third-order valence-electron chi connectivity index (χ3n) is 3.91. The first-order chi connectivity index (χ1) is 10.8. The molecule has 1 saturated heterocycles. The summed E-state index contributed by atoms with van der Waals surface area (Å²) in [5.41, 5.74) is 0.239. The molecule has 2 N–H and O–H groups in total. The van der Waals surface area contributed by atoms with Gasteiger partial charge in [0, 0.05) is 19.2 Å². The maximum Gasteiger partial charge on any atom is 0.326 e. The number of nitrogens with one attached hydrogen (secondary N) is 1. The van der Waals surface area contributed by atoms with E-state index in [2.05, 4.69) is 5.32 Å². The summed E-state index contributed by atoms with van der Waals surface area (Å²) < 4.78 is 0. The fraction of sp³-hybridized carbons (Fsp3) is 0.400. The van der Waals surface area contributed by atoms with Gasteiger partial charge < -0.3 is 15.3 Å². The zero-order chi connectivity index (χ0) is 17.1. The second kappa shape index (κ2) is 7.19. The summed E-state index contributed by atoms with van der Waals surface area (Å²) in [4.78, 5) is 37.1. The van der Waals surface area contributed by atoms with Crippen molar-refractivity contribution in [1.29, 1.82) is 0 Å². The Labute approximate surface area is 143 Å². The van der Waals surface area contributed by atoms with Gasteiger partial charge in [-0.25, -0.2) is 4.79 Å². The summed E-state index contributed by atoms with van der Waals surface area (Å²) in [6, 6.07) is 3.40. The van der Waals surface area contributed by atoms with Gasteiger partial charge in [0.05, 0.1) is 16.0 Å². The Kier molecular flexibility index (Phi) is 5.49. The van der Waals surface area contributed by atoms with Gasteiger partial charge in [0.25, 0.3) is 5.91 Å². The molecule has 1 fully saturated rings. The number of amides is 2. The molecule has 2 atom stereocenters. The number of nitrogens with zero attached hydrogens (tertiary/aromatic N) is 1. The number of hydrogen-bond donors (Lipinski definition) is 2. The van der Waals surface area contributed by atoms with Crippen LogP contribution in [0.2, 0.25) is 10.0 Å². The number of benzene rings is 1. The number of carboxylic acids is 1. The average Bonchev–Trinajstić information content (AvgIpc) is 2.55. The summed E-state index contributed by atoms with van der Waals surface area (Å²) in [5, 5.41) is 12.4.